The summed E-state index contributed by atoms with van der Waals surface area (Å²) in [6.07, 6.45) is 0. The van der Waals surface area contributed by atoms with E-state index in [9.17, 15) is 26.4 Å². The fraction of sp³-hybridized carbons (Fsp3) is 0.176. The zero-order valence-electron chi connectivity index (χ0n) is 14.7. The maximum atomic E-state index is 12.6. The van der Waals surface area contributed by atoms with E-state index in [4.69, 9.17) is 5.73 Å². The molecule has 1 aliphatic heterocycles. The molecule has 1 saturated heterocycles. The topological polar surface area (TPSA) is 144 Å². The largest absolute Gasteiger partial charge is 0.366 e. The Bertz CT molecular complexity index is 1160. The zero-order valence-corrected chi connectivity index (χ0v) is 16.3. The first kappa shape index (κ1) is 19.8. The third-order valence-electron chi connectivity index (χ3n) is 4.18. The zero-order chi connectivity index (χ0) is 20.7. The summed E-state index contributed by atoms with van der Waals surface area (Å²) in [4.78, 5) is 23.4. The van der Waals surface area contributed by atoms with Crippen molar-refractivity contribution in [3.8, 4) is 0 Å². The van der Waals surface area contributed by atoms with Gasteiger partial charge in [-0.05, 0) is 36.4 Å². The summed E-state index contributed by atoms with van der Waals surface area (Å²) < 4.78 is 52.4. The normalized spacial score (nSPS) is 18.8. The number of carbonyl (C=O) groups excluding carboxylic acids is 2. The molecule has 0 saturated carbocycles. The van der Waals surface area contributed by atoms with Crippen LogP contribution in [0.15, 0.2) is 53.4 Å². The molecule has 2 amide bonds. The van der Waals surface area contributed by atoms with Crippen molar-refractivity contribution in [1.29, 1.82) is 0 Å². The van der Waals surface area contributed by atoms with E-state index in [-0.39, 0.29) is 27.6 Å². The Morgan fingerprint density at radius 3 is 2.29 bits per heavy atom. The highest BCUT2D eigenvalue weighted by molar-refractivity contribution is 7.94. The summed E-state index contributed by atoms with van der Waals surface area (Å²) in [7, 11) is -7.86. The standard InChI is InChI=1S/C17H17N3O6S2/c1-11-10-27(23,24)20(17(11)22)12-6-8-13(9-7-12)28(25,26)19-15-5-3-2-4-14(15)16(18)21/h2-9,11,19H,10H2,1H3,(H2,18,21). The quantitative estimate of drug-likeness (QED) is 0.731. The Kier molecular flexibility index (Phi) is 4.90. The molecule has 1 heterocycles. The average molecular weight is 423 g/mol. The molecule has 0 radical (unpaired) electrons. The Labute approximate surface area is 162 Å². The Morgan fingerprint density at radius 1 is 1.14 bits per heavy atom. The number of carbonyl (C=O) groups is 2. The number of nitrogens with two attached hydrogens (primary N) is 1. The second kappa shape index (κ2) is 6.91. The van der Waals surface area contributed by atoms with Crippen LogP contribution in [-0.4, -0.2) is 34.4 Å². The maximum Gasteiger partial charge on any atom is 0.261 e. The van der Waals surface area contributed by atoms with E-state index in [1.807, 2.05) is 0 Å². The summed E-state index contributed by atoms with van der Waals surface area (Å²) in [6.45, 7) is 1.51. The van der Waals surface area contributed by atoms with Crippen molar-refractivity contribution in [2.45, 2.75) is 11.8 Å². The summed E-state index contributed by atoms with van der Waals surface area (Å²) in [5.74, 6) is -2.32. The molecule has 1 fully saturated rings. The van der Waals surface area contributed by atoms with Crippen molar-refractivity contribution < 1.29 is 26.4 Å². The van der Waals surface area contributed by atoms with E-state index in [1.165, 1.54) is 43.3 Å². The number of anilines is 2. The molecule has 0 aromatic heterocycles. The summed E-state index contributed by atoms with van der Waals surface area (Å²) in [5.41, 5.74) is 5.33. The molecule has 1 aliphatic rings. The third kappa shape index (κ3) is 3.58. The number of primary amides is 1. The minimum Gasteiger partial charge on any atom is -0.366 e. The van der Waals surface area contributed by atoms with Crippen molar-refractivity contribution in [2.24, 2.45) is 11.7 Å². The van der Waals surface area contributed by atoms with Gasteiger partial charge in [0.1, 0.15) is 0 Å². The molecule has 2 aromatic carbocycles. The molecule has 0 bridgehead atoms. The molecule has 3 N–H and O–H groups in total. The second-order valence-electron chi connectivity index (χ2n) is 6.29. The molecule has 28 heavy (non-hydrogen) atoms. The van der Waals surface area contributed by atoms with Crippen molar-refractivity contribution in [1.82, 2.24) is 0 Å². The van der Waals surface area contributed by atoms with Crippen molar-refractivity contribution in [2.75, 3.05) is 14.8 Å². The Hall–Kier alpha value is -2.92. The summed E-state index contributed by atoms with van der Waals surface area (Å²) in [5, 5.41) is 0. The predicted molar refractivity (Wildman–Crippen MR) is 103 cm³/mol. The highest BCUT2D eigenvalue weighted by Crippen LogP contribution is 2.29. The van der Waals surface area contributed by atoms with E-state index >= 15 is 0 Å². The van der Waals surface area contributed by atoms with E-state index < -0.39 is 37.8 Å². The van der Waals surface area contributed by atoms with Crippen LogP contribution in [0.5, 0.6) is 0 Å². The SMILES string of the molecule is CC1CS(=O)(=O)N(c2ccc(S(=O)(=O)Nc3ccccc3C(N)=O)cc2)C1=O. The number of hydrogen-bond acceptors (Lipinski definition) is 6. The first-order valence-electron chi connectivity index (χ1n) is 8.11. The van der Waals surface area contributed by atoms with Gasteiger partial charge in [-0.3, -0.25) is 14.3 Å². The number of amides is 2. The molecule has 9 nitrogen and oxygen atoms in total. The Morgan fingerprint density at radius 2 is 1.75 bits per heavy atom. The molecule has 3 rings (SSSR count). The van der Waals surface area contributed by atoms with Crippen LogP contribution < -0.4 is 14.8 Å². The lowest BCUT2D eigenvalue weighted by Gasteiger charge is -2.16. The van der Waals surface area contributed by atoms with Crippen LogP contribution >= 0.6 is 0 Å². The van der Waals surface area contributed by atoms with E-state index in [0.717, 1.165) is 0 Å². The van der Waals surface area contributed by atoms with Crippen LogP contribution in [0.4, 0.5) is 11.4 Å². The minimum atomic E-state index is -4.07. The highest BCUT2D eigenvalue weighted by Gasteiger charge is 2.42. The number of para-hydroxylation sites is 1. The van der Waals surface area contributed by atoms with Gasteiger partial charge >= 0.3 is 0 Å². The Balaban J connectivity index is 1.91. The summed E-state index contributed by atoms with van der Waals surface area (Å²) >= 11 is 0. The van der Waals surface area contributed by atoms with Crippen molar-refractivity contribution in [3.63, 3.8) is 0 Å². The van der Waals surface area contributed by atoms with Crippen molar-refractivity contribution >= 4 is 43.2 Å². The van der Waals surface area contributed by atoms with Crippen LogP contribution in [-0.2, 0) is 24.8 Å². The van der Waals surface area contributed by atoms with Gasteiger partial charge in [0.25, 0.3) is 15.9 Å². The smallest absolute Gasteiger partial charge is 0.261 e. The predicted octanol–water partition coefficient (Wildman–Crippen LogP) is 0.899. The number of hydrogen-bond donors (Lipinski definition) is 2. The van der Waals surface area contributed by atoms with Gasteiger partial charge in [0.2, 0.25) is 15.9 Å². The van der Waals surface area contributed by atoms with Gasteiger partial charge in [0.05, 0.1) is 33.5 Å². The van der Waals surface area contributed by atoms with Crippen LogP contribution in [0.3, 0.4) is 0 Å². The molecule has 2 aromatic rings. The molecule has 1 atom stereocenters. The number of sulfonamides is 2. The molecule has 1 unspecified atom stereocenters. The second-order valence-corrected chi connectivity index (χ2v) is 9.84. The number of benzene rings is 2. The summed E-state index contributed by atoms with van der Waals surface area (Å²) in [6, 6.07) is 10.7. The van der Waals surface area contributed by atoms with Gasteiger partial charge in [-0.1, -0.05) is 19.1 Å². The molecular formula is C17H17N3O6S2. The van der Waals surface area contributed by atoms with Crippen LogP contribution in [0.25, 0.3) is 0 Å². The van der Waals surface area contributed by atoms with Gasteiger partial charge in [-0.2, -0.15) is 0 Å². The maximum absolute atomic E-state index is 12.6. The average Bonchev–Trinajstić information content (AvgIpc) is 2.82. The first-order chi connectivity index (χ1) is 13.0. The first-order valence-corrected chi connectivity index (χ1v) is 11.2. The molecule has 0 aliphatic carbocycles. The van der Waals surface area contributed by atoms with Gasteiger partial charge in [-0.25, -0.2) is 21.1 Å². The highest BCUT2D eigenvalue weighted by atomic mass is 32.2. The number of rotatable bonds is 5. The monoisotopic (exact) mass is 423 g/mol. The van der Waals surface area contributed by atoms with E-state index in [2.05, 4.69) is 4.72 Å². The fourth-order valence-corrected chi connectivity index (χ4v) is 5.74. The number of nitrogens with one attached hydrogen (secondary N) is 1. The van der Waals surface area contributed by atoms with Crippen LogP contribution in [0, 0.1) is 5.92 Å². The fourth-order valence-electron chi connectivity index (χ4n) is 2.84. The lowest BCUT2D eigenvalue weighted by Crippen LogP contribution is -2.30. The van der Waals surface area contributed by atoms with Gasteiger partial charge in [0, 0.05) is 0 Å². The van der Waals surface area contributed by atoms with Crippen LogP contribution in [0.2, 0.25) is 0 Å². The molecule has 148 valence electrons. The molecular weight excluding hydrogens is 406 g/mol. The number of nitrogens with zero attached hydrogens (tertiary/aromatic N) is 1. The van der Waals surface area contributed by atoms with Crippen LogP contribution in [0.1, 0.15) is 17.3 Å². The van der Waals surface area contributed by atoms with E-state index in [1.54, 1.807) is 12.1 Å². The van der Waals surface area contributed by atoms with E-state index in [0.29, 0.717) is 4.31 Å². The third-order valence-corrected chi connectivity index (χ3v) is 7.43. The van der Waals surface area contributed by atoms with Gasteiger partial charge in [-0.15, -0.1) is 0 Å². The van der Waals surface area contributed by atoms with Gasteiger partial charge < -0.3 is 5.73 Å². The lowest BCUT2D eigenvalue weighted by molar-refractivity contribution is -0.119. The molecule has 11 heteroatoms. The lowest BCUT2D eigenvalue weighted by atomic mass is 10.2. The van der Waals surface area contributed by atoms with Crippen molar-refractivity contribution in [3.05, 3.63) is 54.1 Å². The molecule has 0 spiro atoms. The minimum absolute atomic E-state index is 0.00504. The van der Waals surface area contributed by atoms with Gasteiger partial charge in [0.15, 0.2) is 0 Å².